The second-order valence-electron chi connectivity index (χ2n) is 8.27. The van der Waals surface area contributed by atoms with Gasteiger partial charge in [-0.05, 0) is 37.1 Å². The molecule has 0 aliphatic carbocycles. The lowest BCUT2D eigenvalue weighted by Gasteiger charge is -2.35. The highest BCUT2D eigenvalue weighted by molar-refractivity contribution is 7.19. The molecule has 7 nitrogen and oxygen atoms in total. The van der Waals surface area contributed by atoms with E-state index < -0.39 is 0 Å². The van der Waals surface area contributed by atoms with Gasteiger partial charge in [0.2, 0.25) is 0 Å². The first kappa shape index (κ1) is 20.5. The van der Waals surface area contributed by atoms with Crippen molar-refractivity contribution in [3.63, 3.8) is 0 Å². The van der Waals surface area contributed by atoms with E-state index in [2.05, 4.69) is 23.6 Å². The van der Waals surface area contributed by atoms with Crippen molar-refractivity contribution in [1.82, 2.24) is 19.8 Å². The number of likely N-dealkylation sites (N-methyl/N-ethyl adjacent to an activating group) is 1. The molecular formula is C23H29N5O2S. The minimum Gasteiger partial charge on any atom is -0.459 e. The first-order valence-electron chi connectivity index (χ1n) is 11.3. The molecule has 0 radical (unpaired) electrons. The van der Waals surface area contributed by atoms with Gasteiger partial charge in [0.25, 0.3) is 5.91 Å². The average molecular weight is 440 g/mol. The molecule has 0 saturated carbocycles. The van der Waals surface area contributed by atoms with Gasteiger partial charge >= 0.3 is 0 Å². The molecule has 0 aromatic carbocycles. The number of aromatic nitrogens is 2. The first-order valence-corrected chi connectivity index (χ1v) is 12.1. The highest BCUT2D eigenvalue weighted by Crippen LogP contribution is 2.39. The molecular weight excluding hydrogens is 410 g/mol. The van der Waals surface area contributed by atoms with Crippen LogP contribution in [0.1, 0.15) is 47.1 Å². The summed E-state index contributed by atoms with van der Waals surface area (Å²) in [4.78, 5) is 31.9. The lowest BCUT2D eigenvalue weighted by atomic mass is 10.0. The zero-order valence-electron chi connectivity index (χ0n) is 18.3. The summed E-state index contributed by atoms with van der Waals surface area (Å²) in [6.45, 7) is 10.5. The van der Waals surface area contributed by atoms with Crippen molar-refractivity contribution in [2.75, 3.05) is 44.2 Å². The number of carbonyl (C=O) groups excluding carboxylic acids is 1. The normalized spacial score (nSPS) is 17.4. The molecule has 164 valence electrons. The summed E-state index contributed by atoms with van der Waals surface area (Å²) in [6, 6.07) is 3.49. The number of furan rings is 1. The first-order chi connectivity index (χ1) is 15.2. The Morgan fingerprint density at radius 1 is 1.16 bits per heavy atom. The zero-order chi connectivity index (χ0) is 21.4. The van der Waals surface area contributed by atoms with Crippen LogP contribution in [-0.4, -0.2) is 64.9 Å². The molecule has 0 atom stereocenters. The standard InChI is InChI=1S/C23H29N5O2S/c1-3-6-19-24-21(20-16-8-9-26(4-2)15-18(16)31-22(20)25-19)27-10-12-28(13-11-27)23(29)17-7-5-14-30-17/h5,7,14H,3-4,6,8-13,15H2,1-2H3. The van der Waals surface area contributed by atoms with Gasteiger partial charge in [0.15, 0.2) is 5.76 Å². The Balaban J connectivity index is 1.45. The summed E-state index contributed by atoms with van der Waals surface area (Å²) in [5.41, 5.74) is 1.44. The number of thiophene rings is 1. The second kappa shape index (κ2) is 8.59. The van der Waals surface area contributed by atoms with Crippen LogP contribution in [0.4, 0.5) is 5.82 Å². The van der Waals surface area contributed by atoms with Gasteiger partial charge in [-0.1, -0.05) is 13.8 Å². The third-order valence-corrected chi connectivity index (χ3v) is 7.44. The zero-order valence-corrected chi connectivity index (χ0v) is 19.1. The highest BCUT2D eigenvalue weighted by Gasteiger charge is 2.29. The molecule has 0 N–H and O–H groups in total. The molecule has 1 fully saturated rings. The maximum absolute atomic E-state index is 12.7. The van der Waals surface area contributed by atoms with Crippen molar-refractivity contribution in [2.45, 2.75) is 39.7 Å². The van der Waals surface area contributed by atoms with E-state index in [4.69, 9.17) is 14.4 Å². The Hall–Kier alpha value is -2.45. The van der Waals surface area contributed by atoms with Crippen LogP contribution in [0, 0.1) is 0 Å². The van der Waals surface area contributed by atoms with E-state index in [0.717, 1.165) is 68.5 Å². The molecule has 1 saturated heterocycles. The Morgan fingerprint density at radius 3 is 2.71 bits per heavy atom. The van der Waals surface area contributed by atoms with Crippen LogP contribution in [0.2, 0.25) is 0 Å². The second-order valence-corrected chi connectivity index (χ2v) is 9.36. The van der Waals surface area contributed by atoms with Gasteiger partial charge in [-0.15, -0.1) is 11.3 Å². The molecule has 31 heavy (non-hydrogen) atoms. The molecule has 0 bridgehead atoms. The van der Waals surface area contributed by atoms with Gasteiger partial charge in [-0.2, -0.15) is 0 Å². The number of hydrogen-bond acceptors (Lipinski definition) is 7. The third kappa shape index (κ3) is 3.83. The van der Waals surface area contributed by atoms with Crippen LogP contribution >= 0.6 is 11.3 Å². The SMILES string of the molecule is CCCc1nc(N2CCN(C(=O)c3ccco3)CC2)c2c3c(sc2n1)CN(CC)CC3. The van der Waals surface area contributed by atoms with E-state index >= 15 is 0 Å². The number of aryl methyl sites for hydroxylation is 1. The van der Waals surface area contributed by atoms with Crippen LogP contribution in [0.25, 0.3) is 10.2 Å². The van der Waals surface area contributed by atoms with Crippen LogP contribution < -0.4 is 4.90 Å². The van der Waals surface area contributed by atoms with E-state index in [1.807, 2.05) is 16.2 Å². The van der Waals surface area contributed by atoms with Crippen molar-refractivity contribution in [3.05, 3.63) is 40.4 Å². The smallest absolute Gasteiger partial charge is 0.289 e. The fourth-order valence-electron chi connectivity index (χ4n) is 4.58. The molecule has 8 heteroatoms. The average Bonchev–Trinajstić information content (AvgIpc) is 3.46. The quantitative estimate of drug-likeness (QED) is 0.606. The largest absolute Gasteiger partial charge is 0.459 e. The molecule has 2 aliphatic heterocycles. The summed E-state index contributed by atoms with van der Waals surface area (Å²) < 4.78 is 5.30. The number of hydrogen-bond donors (Lipinski definition) is 0. The Morgan fingerprint density at radius 2 is 2.00 bits per heavy atom. The van der Waals surface area contributed by atoms with Crippen molar-refractivity contribution >= 4 is 33.3 Å². The molecule has 3 aromatic heterocycles. The van der Waals surface area contributed by atoms with Crippen molar-refractivity contribution < 1.29 is 9.21 Å². The van der Waals surface area contributed by atoms with E-state index in [0.29, 0.717) is 18.8 Å². The fraction of sp³-hybridized carbons (Fsp3) is 0.522. The van der Waals surface area contributed by atoms with E-state index in [1.54, 1.807) is 18.4 Å². The Bertz CT molecular complexity index is 1070. The van der Waals surface area contributed by atoms with Gasteiger partial charge in [0.05, 0.1) is 11.6 Å². The third-order valence-electron chi connectivity index (χ3n) is 6.33. The number of piperazine rings is 1. The summed E-state index contributed by atoms with van der Waals surface area (Å²) in [7, 11) is 0. The van der Waals surface area contributed by atoms with Gasteiger partial charge < -0.3 is 14.2 Å². The van der Waals surface area contributed by atoms with E-state index in [9.17, 15) is 4.79 Å². The molecule has 5 rings (SSSR count). The van der Waals surface area contributed by atoms with Crippen LogP contribution in [-0.2, 0) is 19.4 Å². The number of amides is 1. The van der Waals surface area contributed by atoms with Gasteiger partial charge in [-0.3, -0.25) is 9.69 Å². The fourth-order valence-corrected chi connectivity index (χ4v) is 5.86. The number of fused-ring (bicyclic) bond motifs is 3. The lowest BCUT2D eigenvalue weighted by Crippen LogP contribution is -2.49. The molecule has 3 aromatic rings. The highest BCUT2D eigenvalue weighted by atomic mass is 32.1. The summed E-state index contributed by atoms with van der Waals surface area (Å²) in [5.74, 6) is 2.39. The van der Waals surface area contributed by atoms with Gasteiger partial charge in [-0.25, -0.2) is 9.97 Å². The van der Waals surface area contributed by atoms with Crippen molar-refractivity contribution in [3.8, 4) is 0 Å². The molecule has 0 unspecified atom stereocenters. The number of nitrogens with zero attached hydrogens (tertiary/aromatic N) is 5. The van der Waals surface area contributed by atoms with Crippen LogP contribution in [0.3, 0.4) is 0 Å². The van der Waals surface area contributed by atoms with E-state index in [-0.39, 0.29) is 5.91 Å². The van der Waals surface area contributed by atoms with Crippen LogP contribution in [0.15, 0.2) is 22.8 Å². The maximum atomic E-state index is 12.7. The molecule has 0 spiro atoms. The number of anilines is 1. The summed E-state index contributed by atoms with van der Waals surface area (Å²) >= 11 is 1.84. The minimum atomic E-state index is -0.0308. The van der Waals surface area contributed by atoms with Crippen molar-refractivity contribution in [2.24, 2.45) is 0 Å². The monoisotopic (exact) mass is 439 g/mol. The lowest BCUT2D eigenvalue weighted by molar-refractivity contribution is 0.0714. The molecule has 2 aliphatic rings. The minimum absolute atomic E-state index is 0.0308. The van der Waals surface area contributed by atoms with E-state index in [1.165, 1.54) is 15.8 Å². The molecule has 5 heterocycles. The maximum Gasteiger partial charge on any atom is 0.289 e. The van der Waals surface area contributed by atoms with Crippen LogP contribution in [0.5, 0.6) is 0 Å². The molecule has 1 amide bonds. The van der Waals surface area contributed by atoms with Gasteiger partial charge in [0, 0.05) is 50.6 Å². The van der Waals surface area contributed by atoms with Crippen molar-refractivity contribution in [1.29, 1.82) is 0 Å². The Labute approximate surface area is 186 Å². The predicted octanol–water partition coefficient (Wildman–Crippen LogP) is 3.58. The van der Waals surface area contributed by atoms with Gasteiger partial charge in [0.1, 0.15) is 16.5 Å². The summed E-state index contributed by atoms with van der Waals surface area (Å²) in [6.07, 6.45) is 4.54. The summed E-state index contributed by atoms with van der Waals surface area (Å²) in [5, 5.41) is 1.25. The predicted molar refractivity (Wildman–Crippen MR) is 123 cm³/mol. The topological polar surface area (TPSA) is 65.7 Å². The Kier molecular flexibility index (Phi) is 5.67. The number of carbonyl (C=O) groups is 1. The number of rotatable bonds is 5.